The number of hydrogen-bond donors (Lipinski definition) is 2. The number of aliphatic carboxylic acids is 1. The number of imidazole rings is 1. The second-order valence-electron chi connectivity index (χ2n) is 7.09. The second-order valence-corrected chi connectivity index (χ2v) is 7.09. The van der Waals surface area contributed by atoms with Crippen LogP contribution in [0.3, 0.4) is 0 Å². The fourth-order valence-corrected chi connectivity index (χ4v) is 3.63. The van der Waals surface area contributed by atoms with Crippen molar-refractivity contribution in [2.24, 2.45) is 5.92 Å². The molecule has 0 unspecified atom stereocenters. The van der Waals surface area contributed by atoms with Gasteiger partial charge in [-0.3, -0.25) is 14.5 Å². The van der Waals surface area contributed by atoms with Crippen molar-refractivity contribution in [2.45, 2.75) is 19.8 Å². The van der Waals surface area contributed by atoms with Gasteiger partial charge in [0.1, 0.15) is 17.2 Å². The third-order valence-electron chi connectivity index (χ3n) is 5.25. The van der Waals surface area contributed by atoms with Gasteiger partial charge < -0.3 is 10.0 Å². The monoisotopic (exact) mass is 378 g/mol. The lowest BCUT2D eigenvalue weighted by molar-refractivity contribution is -0.143. The molecule has 1 fully saturated rings. The molecule has 1 aliphatic heterocycles. The van der Waals surface area contributed by atoms with Gasteiger partial charge in [-0.25, -0.2) is 9.78 Å². The van der Waals surface area contributed by atoms with Crippen molar-refractivity contribution >= 4 is 23.5 Å². The minimum atomic E-state index is -0.788. The van der Waals surface area contributed by atoms with Crippen LogP contribution >= 0.6 is 0 Å². The molecule has 0 spiro atoms. The van der Waals surface area contributed by atoms with Gasteiger partial charge in [0.15, 0.2) is 0 Å². The fraction of sp³-hybridized carbons (Fsp3) is 0.286. The lowest BCUT2D eigenvalue weighted by atomic mass is 9.97. The maximum atomic E-state index is 12.9. The summed E-state index contributed by atoms with van der Waals surface area (Å²) in [7, 11) is 0. The number of aryl methyl sites for hydroxylation is 1. The van der Waals surface area contributed by atoms with Gasteiger partial charge in [0, 0.05) is 24.8 Å². The number of hydrogen-bond acceptors (Lipinski definition) is 3. The number of nitrogens with zero attached hydrogens (tertiary/aromatic N) is 3. The standard InChI is InChI=1S/C21H22N4O3/c1-14-6-5-11-25-18(14)22-17(15-7-3-2-4-8-15)19(25)23-21(28)24-12-9-16(10-13-24)20(26)27/h2-8,11,16H,9-10,12-13H2,1H3,(H,23,28)(H,26,27). The van der Waals surface area contributed by atoms with E-state index in [0.717, 1.165) is 16.8 Å². The number of amides is 2. The Labute approximate surface area is 162 Å². The number of benzene rings is 1. The SMILES string of the molecule is Cc1cccn2c(NC(=O)N3CCC(C(=O)O)CC3)c(-c3ccccc3)nc12. The van der Waals surface area contributed by atoms with E-state index in [2.05, 4.69) is 5.32 Å². The zero-order chi connectivity index (χ0) is 19.7. The van der Waals surface area contributed by atoms with Crippen molar-refractivity contribution in [2.75, 3.05) is 18.4 Å². The third-order valence-corrected chi connectivity index (χ3v) is 5.25. The van der Waals surface area contributed by atoms with E-state index in [4.69, 9.17) is 10.1 Å². The summed E-state index contributed by atoms with van der Waals surface area (Å²) in [5, 5.41) is 12.2. The number of nitrogens with one attached hydrogen (secondary N) is 1. The number of aromatic nitrogens is 2. The topological polar surface area (TPSA) is 86.9 Å². The number of urea groups is 1. The van der Waals surface area contributed by atoms with Crippen LogP contribution in [0, 0.1) is 12.8 Å². The van der Waals surface area contributed by atoms with E-state index in [-0.39, 0.29) is 11.9 Å². The number of piperidine rings is 1. The molecule has 144 valence electrons. The van der Waals surface area contributed by atoms with Crippen LogP contribution in [0.5, 0.6) is 0 Å². The number of rotatable bonds is 3. The van der Waals surface area contributed by atoms with Crippen LogP contribution in [-0.2, 0) is 4.79 Å². The van der Waals surface area contributed by atoms with Crippen LogP contribution in [0.4, 0.5) is 10.6 Å². The number of likely N-dealkylation sites (tertiary alicyclic amines) is 1. The number of anilines is 1. The summed E-state index contributed by atoms with van der Waals surface area (Å²) in [6.45, 7) is 2.85. The zero-order valence-corrected chi connectivity index (χ0v) is 15.6. The molecular formula is C21H22N4O3. The Balaban J connectivity index is 1.65. The number of carbonyl (C=O) groups is 2. The summed E-state index contributed by atoms with van der Waals surface area (Å²) in [6, 6.07) is 13.4. The van der Waals surface area contributed by atoms with Gasteiger partial charge in [-0.05, 0) is 31.4 Å². The molecule has 0 bridgehead atoms. The van der Waals surface area contributed by atoms with E-state index in [1.54, 1.807) is 4.90 Å². The number of carbonyl (C=O) groups excluding carboxylic acids is 1. The van der Waals surface area contributed by atoms with E-state index < -0.39 is 5.97 Å². The van der Waals surface area contributed by atoms with E-state index in [9.17, 15) is 9.59 Å². The highest BCUT2D eigenvalue weighted by molar-refractivity contribution is 5.94. The van der Waals surface area contributed by atoms with Gasteiger partial charge in [-0.2, -0.15) is 0 Å². The minimum absolute atomic E-state index is 0.232. The molecule has 2 amide bonds. The molecule has 7 heteroatoms. The lowest BCUT2D eigenvalue weighted by Gasteiger charge is -2.30. The molecule has 4 rings (SSSR count). The summed E-state index contributed by atoms with van der Waals surface area (Å²) in [6.07, 6.45) is 2.83. The van der Waals surface area contributed by atoms with Crippen LogP contribution in [0.25, 0.3) is 16.9 Å². The number of carboxylic acids is 1. The Bertz CT molecular complexity index is 1020. The molecule has 2 aromatic heterocycles. The smallest absolute Gasteiger partial charge is 0.323 e. The van der Waals surface area contributed by atoms with E-state index in [0.29, 0.717) is 37.4 Å². The van der Waals surface area contributed by atoms with Crippen LogP contribution in [0.1, 0.15) is 18.4 Å². The number of fused-ring (bicyclic) bond motifs is 1. The Morgan fingerprint density at radius 2 is 1.82 bits per heavy atom. The van der Waals surface area contributed by atoms with Gasteiger partial charge in [0.25, 0.3) is 0 Å². The van der Waals surface area contributed by atoms with Crippen molar-refractivity contribution in [1.82, 2.24) is 14.3 Å². The van der Waals surface area contributed by atoms with E-state index >= 15 is 0 Å². The molecule has 1 aromatic carbocycles. The Hall–Kier alpha value is -3.35. The Morgan fingerprint density at radius 3 is 2.50 bits per heavy atom. The molecule has 7 nitrogen and oxygen atoms in total. The molecule has 1 saturated heterocycles. The fourth-order valence-electron chi connectivity index (χ4n) is 3.63. The summed E-state index contributed by atoms with van der Waals surface area (Å²) in [5.41, 5.74) is 3.44. The first-order chi connectivity index (χ1) is 13.5. The van der Waals surface area contributed by atoms with Gasteiger partial charge in [0.2, 0.25) is 0 Å². The first-order valence-electron chi connectivity index (χ1n) is 9.36. The van der Waals surface area contributed by atoms with Gasteiger partial charge in [-0.1, -0.05) is 36.4 Å². The van der Waals surface area contributed by atoms with Crippen molar-refractivity contribution in [3.05, 3.63) is 54.2 Å². The predicted molar refractivity (Wildman–Crippen MR) is 106 cm³/mol. The van der Waals surface area contributed by atoms with Crippen molar-refractivity contribution in [3.8, 4) is 11.3 Å². The van der Waals surface area contributed by atoms with Crippen molar-refractivity contribution < 1.29 is 14.7 Å². The van der Waals surface area contributed by atoms with E-state index in [1.807, 2.05) is 60.0 Å². The van der Waals surface area contributed by atoms with Gasteiger partial charge in [-0.15, -0.1) is 0 Å². The molecule has 2 N–H and O–H groups in total. The normalized spacial score (nSPS) is 15.0. The lowest BCUT2D eigenvalue weighted by Crippen LogP contribution is -2.42. The molecule has 3 heterocycles. The first kappa shape index (κ1) is 18.0. The maximum Gasteiger partial charge on any atom is 0.323 e. The Kier molecular flexibility index (Phi) is 4.73. The first-order valence-corrected chi connectivity index (χ1v) is 9.36. The average Bonchev–Trinajstić information content (AvgIpc) is 3.08. The highest BCUT2D eigenvalue weighted by atomic mass is 16.4. The quantitative estimate of drug-likeness (QED) is 0.728. The third kappa shape index (κ3) is 3.31. The summed E-state index contributed by atoms with van der Waals surface area (Å²) >= 11 is 0. The van der Waals surface area contributed by atoms with Gasteiger partial charge in [0.05, 0.1) is 5.92 Å². The molecule has 1 aliphatic rings. The highest BCUT2D eigenvalue weighted by Crippen LogP contribution is 2.30. The Morgan fingerprint density at radius 1 is 1.11 bits per heavy atom. The second kappa shape index (κ2) is 7.34. The van der Waals surface area contributed by atoms with Crippen LogP contribution < -0.4 is 5.32 Å². The molecule has 3 aromatic rings. The largest absolute Gasteiger partial charge is 0.481 e. The molecule has 28 heavy (non-hydrogen) atoms. The van der Waals surface area contributed by atoms with Crippen LogP contribution in [-0.4, -0.2) is 44.5 Å². The van der Waals surface area contributed by atoms with Crippen LogP contribution in [0.2, 0.25) is 0 Å². The number of pyridine rings is 1. The minimum Gasteiger partial charge on any atom is -0.481 e. The van der Waals surface area contributed by atoms with Crippen LogP contribution in [0.15, 0.2) is 48.7 Å². The molecule has 0 radical (unpaired) electrons. The summed E-state index contributed by atoms with van der Waals surface area (Å²) in [5.74, 6) is -0.540. The predicted octanol–water partition coefficient (Wildman–Crippen LogP) is 3.64. The van der Waals surface area contributed by atoms with Crippen molar-refractivity contribution in [1.29, 1.82) is 0 Å². The van der Waals surface area contributed by atoms with Crippen molar-refractivity contribution in [3.63, 3.8) is 0 Å². The van der Waals surface area contributed by atoms with E-state index in [1.165, 1.54) is 0 Å². The molecule has 0 saturated carbocycles. The number of carboxylic acid groups (broad SMARTS) is 1. The summed E-state index contributed by atoms with van der Waals surface area (Å²) in [4.78, 5) is 30.5. The summed E-state index contributed by atoms with van der Waals surface area (Å²) < 4.78 is 1.89. The average molecular weight is 378 g/mol. The molecular weight excluding hydrogens is 356 g/mol. The molecule has 0 atom stereocenters. The highest BCUT2D eigenvalue weighted by Gasteiger charge is 2.28. The van der Waals surface area contributed by atoms with Gasteiger partial charge >= 0.3 is 12.0 Å². The molecule has 0 aliphatic carbocycles. The maximum absolute atomic E-state index is 12.9. The zero-order valence-electron chi connectivity index (χ0n) is 15.6.